The van der Waals surface area contributed by atoms with E-state index in [2.05, 4.69) is 28.2 Å². The molecule has 0 heterocycles. The van der Waals surface area contributed by atoms with Crippen molar-refractivity contribution in [3.05, 3.63) is 34.1 Å². The molecule has 102 valence electrons. The second-order valence-electron chi connectivity index (χ2n) is 4.24. The average molecular weight is 318 g/mol. The minimum atomic E-state index is -0.211. The lowest BCUT2D eigenvalue weighted by Gasteiger charge is -2.06. The van der Waals surface area contributed by atoms with Crippen LogP contribution in [0, 0.1) is 5.82 Å². The van der Waals surface area contributed by atoms with Crippen LogP contribution in [0.3, 0.4) is 0 Å². The molecule has 1 aromatic rings. The van der Waals surface area contributed by atoms with Crippen molar-refractivity contribution >= 4 is 15.9 Å². The number of unbranched alkanes of at least 4 members (excludes halogenated alkanes) is 1. The van der Waals surface area contributed by atoms with E-state index in [9.17, 15) is 4.39 Å². The summed E-state index contributed by atoms with van der Waals surface area (Å²) in [6.45, 7) is 5.39. The zero-order chi connectivity index (χ0) is 13.2. The van der Waals surface area contributed by atoms with E-state index >= 15 is 0 Å². The highest BCUT2D eigenvalue weighted by molar-refractivity contribution is 9.10. The molecule has 0 spiro atoms. The van der Waals surface area contributed by atoms with Crippen LogP contribution >= 0.6 is 15.9 Å². The zero-order valence-electron chi connectivity index (χ0n) is 10.8. The average Bonchev–Trinajstić information content (AvgIpc) is 2.37. The first-order chi connectivity index (χ1) is 8.74. The smallest absolute Gasteiger partial charge is 0.137 e. The molecule has 0 saturated carbocycles. The Morgan fingerprint density at radius 1 is 1.28 bits per heavy atom. The highest BCUT2D eigenvalue weighted by Gasteiger charge is 2.00. The Morgan fingerprint density at radius 3 is 2.78 bits per heavy atom. The molecule has 0 aromatic heterocycles. The molecule has 0 amide bonds. The van der Waals surface area contributed by atoms with Crippen LogP contribution in [0.2, 0.25) is 0 Å². The van der Waals surface area contributed by atoms with Gasteiger partial charge < -0.3 is 10.1 Å². The number of nitrogens with one attached hydrogen (secondary N) is 1. The quantitative estimate of drug-likeness (QED) is 0.698. The Hall–Kier alpha value is -0.450. The second kappa shape index (κ2) is 9.48. The van der Waals surface area contributed by atoms with Gasteiger partial charge in [0.2, 0.25) is 0 Å². The fourth-order valence-electron chi connectivity index (χ4n) is 1.53. The normalized spacial score (nSPS) is 10.8. The SMILES string of the molecule is CCCCOCCCNCc1ccc(Br)c(F)c1. The summed E-state index contributed by atoms with van der Waals surface area (Å²) in [5, 5.41) is 3.28. The van der Waals surface area contributed by atoms with Crippen LogP contribution < -0.4 is 5.32 Å². The lowest BCUT2D eigenvalue weighted by molar-refractivity contribution is 0.129. The first-order valence-electron chi connectivity index (χ1n) is 6.46. The lowest BCUT2D eigenvalue weighted by Crippen LogP contribution is -2.16. The molecule has 0 radical (unpaired) electrons. The van der Waals surface area contributed by atoms with E-state index in [0.29, 0.717) is 11.0 Å². The third kappa shape index (κ3) is 6.47. The Kier molecular flexibility index (Phi) is 8.22. The summed E-state index contributed by atoms with van der Waals surface area (Å²) in [6, 6.07) is 5.20. The van der Waals surface area contributed by atoms with Crippen molar-refractivity contribution in [3.63, 3.8) is 0 Å². The first kappa shape index (κ1) is 15.6. The van der Waals surface area contributed by atoms with Crippen LogP contribution in [0.25, 0.3) is 0 Å². The minimum absolute atomic E-state index is 0.211. The van der Waals surface area contributed by atoms with Crippen molar-refractivity contribution in [1.82, 2.24) is 5.32 Å². The Balaban J connectivity index is 2.05. The van der Waals surface area contributed by atoms with E-state index < -0.39 is 0 Å². The molecular weight excluding hydrogens is 297 g/mol. The topological polar surface area (TPSA) is 21.3 Å². The summed E-state index contributed by atoms with van der Waals surface area (Å²) >= 11 is 3.14. The summed E-state index contributed by atoms with van der Waals surface area (Å²) in [5.41, 5.74) is 0.961. The molecule has 0 atom stereocenters. The molecule has 0 aliphatic heterocycles. The largest absolute Gasteiger partial charge is 0.381 e. The molecule has 1 rings (SSSR count). The fourth-order valence-corrected chi connectivity index (χ4v) is 1.78. The lowest BCUT2D eigenvalue weighted by atomic mass is 10.2. The van der Waals surface area contributed by atoms with Crippen LogP contribution in [-0.4, -0.2) is 19.8 Å². The van der Waals surface area contributed by atoms with Crippen LogP contribution in [-0.2, 0) is 11.3 Å². The van der Waals surface area contributed by atoms with Crippen molar-refractivity contribution in [2.75, 3.05) is 19.8 Å². The van der Waals surface area contributed by atoms with Gasteiger partial charge in [-0.15, -0.1) is 0 Å². The van der Waals surface area contributed by atoms with Crippen LogP contribution in [0.15, 0.2) is 22.7 Å². The van der Waals surface area contributed by atoms with Crippen molar-refractivity contribution in [3.8, 4) is 0 Å². The number of hydrogen-bond acceptors (Lipinski definition) is 2. The standard InChI is InChI=1S/C14H21BrFNO/c1-2-3-8-18-9-4-7-17-11-12-5-6-13(15)14(16)10-12/h5-6,10,17H,2-4,7-9,11H2,1H3. The summed E-state index contributed by atoms with van der Waals surface area (Å²) in [5.74, 6) is -0.211. The van der Waals surface area contributed by atoms with Gasteiger partial charge in [0.25, 0.3) is 0 Å². The summed E-state index contributed by atoms with van der Waals surface area (Å²) in [7, 11) is 0. The first-order valence-corrected chi connectivity index (χ1v) is 7.25. The Morgan fingerprint density at radius 2 is 2.06 bits per heavy atom. The second-order valence-corrected chi connectivity index (χ2v) is 5.10. The van der Waals surface area contributed by atoms with Gasteiger partial charge in [-0.1, -0.05) is 19.4 Å². The molecule has 0 fully saturated rings. The molecule has 2 nitrogen and oxygen atoms in total. The molecule has 4 heteroatoms. The maximum absolute atomic E-state index is 13.2. The minimum Gasteiger partial charge on any atom is -0.381 e. The Bertz CT molecular complexity index is 347. The number of hydrogen-bond donors (Lipinski definition) is 1. The highest BCUT2D eigenvalue weighted by atomic mass is 79.9. The fraction of sp³-hybridized carbons (Fsp3) is 0.571. The predicted molar refractivity (Wildman–Crippen MR) is 76.2 cm³/mol. The van der Waals surface area contributed by atoms with E-state index in [-0.39, 0.29) is 5.82 Å². The third-order valence-electron chi connectivity index (χ3n) is 2.60. The van der Waals surface area contributed by atoms with Crippen molar-refractivity contribution in [1.29, 1.82) is 0 Å². The number of benzene rings is 1. The zero-order valence-corrected chi connectivity index (χ0v) is 12.4. The molecule has 0 aliphatic carbocycles. The molecule has 0 saturated heterocycles. The summed E-state index contributed by atoms with van der Waals surface area (Å²) in [4.78, 5) is 0. The number of halogens is 2. The molecule has 0 aliphatic rings. The van der Waals surface area contributed by atoms with E-state index in [4.69, 9.17) is 4.74 Å². The monoisotopic (exact) mass is 317 g/mol. The summed E-state index contributed by atoms with van der Waals surface area (Å²) < 4.78 is 19.2. The molecular formula is C14H21BrFNO. The van der Waals surface area contributed by atoms with Crippen LogP contribution in [0.5, 0.6) is 0 Å². The van der Waals surface area contributed by atoms with Gasteiger partial charge in [0.1, 0.15) is 5.82 Å². The van der Waals surface area contributed by atoms with E-state index in [1.807, 2.05) is 6.07 Å². The van der Waals surface area contributed by atoms with Gasteiger partial charge in [0, 0.05) is 19.8 Å². The molecule has 1 aromatic carbocycles. The van der Waals surface area contributed by atoms with Crippen molar-refractivity contribution in [2.45, 2.75) is 32.7 Å². The molecule has 18 heavy (non-hydrogen) atoms. The van der Waals surface area contributed by atoms with Gasteiger partial charge in [-0.3, -0.25) is 0 Å². The maximum Gasteiger partial charge on any atom is 0.137 e. The maximum atomic E-state index is 13.2. The Labute approximate surface area is 117 Å². The van der Waals surface area contributed by atoms with Crippen molar-refractivity contribution in [2.24, 2.45) is 0 Å². The predicted octanol–water partition coefficient (Wildman–Crippen LogP) is 3.88. The number of ether oxygens (including phenoxy) is 1. The van der Waals surface area contributed by atoms with Gasteiger partial charge in [-0.25, -0.2) is 4.39 Å². The van der Waals surface area contributed by atoms with Crippen LogP contribution in [0.4, 0.5) is 4.39 Å². The van der Waals surface area contributed by atoms with Gasteiger partial charge in [-0.05, 0) is 53.0 Å². The van der Waals surface area contributed by atoms with Crippen LogP contribution in [0.1, 0.15) is 31.7 Å². The van der Waals surface area contributed by atoms with Crippen molar-refractivity contribution < 1.29 is 9.13 Å². The molecule has 1 N–H and O–H groups in total. The van der Waals surface area contributed by atoms with E-state index in [1.165, 1.54) is 6.42 Å². The molecule has 0 unspecified atom stereocenters. The number of rotatable bonds is 9. The van der Waals surface area contributed by atoms with E-state index in [1.54, 1.807) is 12.1 Å². The molecule has 0 bridgehead atoms. The third-order valence-corrected chi connectivity index (χ3v) is 3.24. The van der Waals surface area contributed by atoms with Gasteiger partial charge in [0.05, 0.1) is 4.47 Å². The highest BCUT2D eigenvalue weighted by Crippen LogP contribution is 2.16. The van der Waals surface area contributed by atoms with Gasteiger partial charge in [0.15, 0.2) is 0 Å². The van der Waals surface area contributed by atoms with Gasteiger partial charge >= 0.3 is 0 Å². The van der Waals surface area contributed by atoms with E-state index in [0.717, 1.165) is 38.2 Å². The van der Waals surface area contributed by atoms with Gasteiger partial charge in [-0.2, -0.15) is 0 Å². The summed E-state index contributed by atoms with van der Waals surface area (Å²) in [6.07, 6.45) is 3.29.